The minimum absolute atomic E-state index is 0.00311. The Morgan fingerprint density at radius 1 is 1.26 bits per heavy atom. The standard InChI is InChI=1S/C16H18N2O5/c1-3-7-13(15(20)22-2)18-14(19)10-17-16(21)23-11-12-8-5-4-6-9-12/h1,4-6,8-9,13H,7,10-11H2,2H3,(H,17,21)(H,18,19)/t13-/m0/s1. The van der Waals surface area contributed by atoms with Crippen LogP contribution in [-0.2, 0) is 25.7 Å². The van der Waals surface area contributed by atoms with Crippen LogP contribution < -0.4 is 10.6 Å². The molecule has 1 rings (SSSR count). The fourth-order valence-corrected chi connectivity index (χ4v) is 1.63. The molecule has 0 unspecified atom stereocenters. The van der Waals surface area contributed by atoms with Crippen LogP contribution in [-0.4, -0.2) is 37.7 Å². The first-order chi connectivity index (χ1) is 11.1. The number of hydrogen-bond acceptors (Lipinski definition) is 5. The third-order valence-corrected chi connectivity index (χ3v) is 2.75. The Balaban J connectivity index is 2.33. The van der Waals surface area contributed by atoms with Crippen molar-refractivity contribution in [2.75, 3.05) is 13.7 Å². The molecule has 1 aromatic rings. The van der Waals surface area contributed by atoms with Crippen molar-refractivity contribution >= 4 is 18.0 Å². The van der Waals surface area contributed by atoms with Crippen molar-refractivity contribution in [3.05, 3.63) is 35.9 Å². The van der Waals surface area contributed by atoms with Crippen molar-refractivity contribution in [3.63, 3.8) is 0 Å². The van der Waals surface area contributed by atoms with Crippen LogP contribution in [0.3, 0.4) is 0 Å². The van der Waals surface area contributed by atoms with Crippen LogP contribution in [0.25, 0.3) is 0 Å². The predicted octanol–water partition coefficient (Wildman–Crippen LogP) is 0.594. The summed E-state index contributed by atoms with van der Waals surface area (Å²) in [6, 6.07) is 8.16. The lowest BCUT2D eigenvalue weighted by atomic mass is 10.2. The lowest BCUT2D eigenvalue weighted by Gasteiger charge is -2.14. The number of carbonyl (C=O) groups excluding carboxylic acids is 3. The Morgan fingerprint density at radius 3 is 2.57 bits per heavy atom. The van der Waals surface area contributed by atoms with Crippen LogP contribution in [0.15, 0.2) is 30.3 Å². The maximum atomic E-state index is 11.7. The number of methoxy groups -OCH3 is 1. The largest absolute Gasteiger partial charge is 0.467 e. The molecule has 2 N–H and O–H groups in total. The van der Waals surface area contributed by atoms with Gasteiger partial charge < -0.3 is 20.1 Å². The summed E-state index contributed by atoms with van der Waals surface area (Å²) in [5, 5.41) is 4.65. The van der Waals surface area contributed by atoms with E-state index in [9.17, 15) is 14.4 Å². The molecule has 0 fully saturated rings. The number of esters is 1. The molecule has 0 aliphatic heterocycles. The average Bonchev–Trinajstić information content (AvgIpc) is 2.58. The quantitative estimate of drug-likeness (QED) is 0.567. The Kier molecular flexibility index (Phi) is 7.72. The molecule has 0 heterocycles. The molecule has 0 radical (unpaired) electrons. The third-order valence-electron chi connectivity index (χ3n) is 2.75. The van der Waals surface area contributed by atoms with Gasteiger partial charge in [-0.15, -0.1) is 12.3 Å². The summed E-state index contributed by atoms with van der Waals surface area (Å²) in [6.07, 6.45) is 4.37. The van der Waals surface area contributed by atoms with E-state index in [-0.39, 0.29) is 19.6 Å². The molecule has 0 saturated heterocycles. The second-order valence-electron chi connectivity index (χ2n) is 4.47. The van der Waals surface area contributed by atoms with Gasteiger partial charge in [-0.05, 0) is 5.56 Å². The Morgan fingerprint density at radius 2 is 1.96 bits per heavy atom. The minimum Gasteiger partial charge on any atom is -0.467 e. The van der Waals surface area contributed by atoms with E-state index in [0.717, 1.165) is 5.56 Å². The number of nitrogens with one attached hydrogen (secondary N) is 2. The number of carbonyl (C=O) groups is 3. The number of alkyl carbamates (subject to hydrolysis) is 1. The van der Waals surface area contributed by atoms with Gasteiger partial charge in [0.05, 0.1) is 7.11 Å². The number of terminal acetylenes is 1. The highest BCUT2D eigenvalue weighted by atomic mass is 16.5. The number of benzene rings is 1. The summed E-state index contributed by atoms with van der Waals surface area (Å²) in [5.74, 6) is 1.04. The van der Waals surface area contributed by atoms with E-state index >= 15 is 0 Å². The molecular weight excluding hydrogens is 300 g/mol. The van der Waals surface area contributed by atoms with Gasteiger partial charge in [-0.1, -0.05) is 30.3 Å². The molecule has 1 aromatic carbocycles. The number of rotatable bonds is 7. The van der Waals surface area contributed by atoms with Gasteiger partial charge in [0.2, 0.25) is 5.91 Å². The van der Waals surface area contributed by atoms with Gasteiger partial charge >= 0.3 is 12.1 Å². The smallest absolute Gasteiger partial charge is 0.407 e. The normalized spacial score (nSPS) is 10.8. The molecule has 0 saturated carbocycles. The molecule has 7 heteroatoms. The molecule has 0 aromatic heterocycles. The molecule has 23 heavy (non-hydrogen) atoms. The highest BCUT2D eigenvalue weighted by molar-refractivity contribution is 5.87. The summed E-state index contributed by atoms with van der Waals surface area (Å²) >= 11 is 0. The Hall–Kier alpha value is -3.01. The summed E-state index contributed by atoms with van der Waals surface area (Å²) in [4.78, 5) is 34.5. The molecular formula is C16H18N2O5. The van der Waals surface area contributed by atoms with Crippen molar-refractivity contribution in [1.82, 2.24) is 10.6 Å². The van der Waals surface area contributed by atoms with Crippen molar-refractivity contribution in [2.45, 2.75) is 19.1 Å². The van der Waals surface area contributed by atoms with E-state index in [4.69, 9.17) is 11.2 Å². The zero-order valence-electron chi connectivity index (χ0n) is 12.7. The highest BCUT2D eigenvalue weighted by Crippen LogP contribution is 2.00. The van der Waals surface area contributed by atoms with Gasteiger partial charge in [-0.25, -0.2) is 9.59 Å². The van der Waals surface area contributed by atoms with Crippen LogP contribution in [0.2, 0.25) is 0 Å². The average molecular weight is 318 g/mol. The van der Waals surface area contributed by atoms with Gasteiger partial charge in [0.1, 0.15) is 19.2 Å². The second kappa shape index (κ2) is 9.84. The molecule has 7 nitrogen and oxygen atoms in total. The second-order valence-corrected chi connectivity index (χ2v) is 4.47. The van der Waals surface area contributed by atoms with Gasteiger partial charge in [0, 0.05) is 6.42 Å². The van der Waals surface area contributed by atoms with Gasteiger partial charge in [-0.3, -0.25) is 4.79 Å². The van der Waals surface area contributed by atoms with Crippen molar-refractivity contribution in [1.29, 1.82) is 0 Å². The van der Waals surface area contributed by atoms with E-state index < -0.39 is 24.0 Å². The molecule has 1 atom stereocenters. The van der Waals surface area contributed by atoms with Crippen LogP contribution in [0.4, 0.5) is 4.79 Å². The Labute approximate surface area is 134 Å². The number of ether oxygens (including phenoxy) is 2. The monoisotopic (exact) mass is 318 g/mol. The first-order valence-corrected chi connectivity index (χ1v) is 6.82. The lowest BCUT2D eigenvalue weighted by Crippen LogP contribution is -2.45. The molecule has 122 valence electrons. The fraction of sp³-hybridized carbons (Fsp3) is 0.312. The minimum atomic E-state index is -0.945. The summed E-state index contributed by atoms with van der Waals surface area (Å²) in [5.41, 5.74) is 0.826. The molecule has 0 aliphatic rings. The van der Waals surface area contributed by atoms with Gasteiger partial charge in [-0.2, -0.15) is 0 Å². The van der Waals surface area contributed by atoms with Crippen molar-refractivity contribution in [2.24, 2.45) is 0 Å². The zero-order chi connectivity index (χ0) is 17.1. The van der Waals surface area contributed by atoms with Crippen LogP contribution in [0.1, 0.15) is 12.0 Å². The van der Waals surface area contributed by atoms with Crippen molar-refractivity contribution < 1.29 is 23.9 Å². The maximum absolute atomic E-state index is 11.7. The zero-order valence-corrected chi connectivity index (χ0v) is 12.7. The van der Waals surface area contributed by atoms with E-state index in [1.165, 1.54) is 7.11 Å². The van der Waals surface area contributed by atoms with Gasteiger partial charge in [0.15, 0.2) is 0 Å². The predicted molar refractivity (Wildman–Crippen MR) is 82.0 cm³/mol. The van der Waals surface area contributed by atoms with Gasteiger partial charge in [0.25, 0.3) is 0 Å². The summed E-state index contributed by atoms with van der Waals surface area (Å²) in [6.45, 7) is -0.248. The maximum Gasteiger partial charge on any atom is 0.407 e. The summed E-state index contributed by atoms with van der Waals surface area (Å²) in [7, 11) is 1.19. The molecule has 0 spiro atoms. The first-order valence-electron chi connectivity index (χ1n) is 6.82. The fourth-order valence-electron chi connectivity index (χ4n) is 1.63. The van der Waals surface area contributed by atoms with Crippen molar-refractivity contribution in [3.8, 4) is 12.3 Å². The van der Waals surface area contributed by atoms with E-state index in [1.807, 2.05) is 18.2 Å². The van der Waals surface area contributed by atoms with E-state index in [1.54, 1.807) is 12.1 Å². The van der Waals surface area contributed by atoms with E-state index in [2.05, 4.69) is 21.3 Å². The molecule has 0 bridgehead atoms. The number of amides is 2. The first kappa shape index (κ1) is 18.0. The highest BCUT2D eigenvalue weighted by Gasteiger charge is 2.20. The van der Waals surface area contributed by atoms with E-state index in [0.29, 0.717) is 0 Å². The third kappa shape index (κ3) is 7.00. The SMILES string of the molecule is C#CC[C@H](NC(=O)CNC(=O)OCc1ccccc1)C(=O)OC. The van der Waals surface area contributed by atoms with Crippen LogP contribution >= 0.6 is 0 Å². The topological polar surface area (TPSA) is 93.7 Å². The number of hydrogen-bond donors (Lipinski definition) is 2. The Bertz CT molecular complexity index is 580. The molecule has 0 aliphatic carbocycles. The lowest BCUT2D eigenvalue weighted by molar-refractivity contribution is -0.144. The molecule has 2 amide bonds. The summed E-state index contributed by atoms with van der Waals surface area (Å²) < 4.78 is 9.46. The van der Waals surface area contributed by atoms with Crippen LogP contribution in [0, 0.1) is 12.3 Å². The van der Waals surface area contributed by atoms with Crippen LogP contribution in [0.5, 0.6) is 0 Å².